The molecule has 0 bridgehead atoms. The van der Waals surface area contributed by atoms with Crippen LogP contribution in [0.5, 0.6) is 0 Å². The first-order valence-corrected chi connectivity index (χ1v) is 5.83. The van der Waals surface area contributed by atoms with E-state index < -0.39 is 0 Å². The molecule has 15 heavy (non-hydrogen) atoms. The number of thioether (sulfide) groups is 1. The molecule has 1 amide bonds. The summed E-state index contributed by atoms with van der Waals surface area (Å²) < 4.78 is 0. The van der Waals surface area contributed by atoms with E-state index in [0.29, 0.717) is 6.54 Å². The van der Waals surface area contributed by atoms with Crippen LogP contribution in [0.25, 0.3) is 0 Å². The lowest BCUT2D eigenvalue weighted by Crippen LogP contribution is -2.71. The van der Waals surface area contributed by atoms with Crippen LogP contribution in [0.3, 0.4) is 0 Å². The molecule has 0 spiro atoms. The van der Waals surface area contributed by atoms with E-state index in [1.165, 1.54) is 5.56 Å². The van der Waals surface area contributed by atoms with Crippen molar-refractivity contribution in [2.24, 2.45) is 0 Å². The Morgan fingerprint density at radius 2 is 2.27 bits per heavy atom. The summed E-state index contributed by atoms with van der Waals surface area (Å²) in [6.07, 6.45) is 0. The van der Waals surface area contributed by atoms with Gasteiger partial charge in [-0.2, -0.15) is 4.90 Å². The number of fused-ring (bicyclic) bond motifs is 2. The van der Waals surface area contributed by atoms with Gasteiger partial charge in [0.25, 0.3) is 0 Å². The molecule has 2 aliphatic heterocycles. The van der Waals surface area contributed by atoms with Crippen molar-refractivity contribution < 1.29 is 9.79 Å². The van der Waals surface area contributed by atoms with Crippen LogP contribution in [0, 0.1) is 0 Å². The van der Waals surface area contributed by atoms with Gasteiger partial charge in [-0.1, -0.05) is 18.2 Å². The van der Waals surface area contributed by atoms with Crippen molar-refractivity contribution in [1.82, 2.24) is 4.90 Å². The molecule has 2 heterocycles. The van der Waals surface area contributed by atoms with Gasteiger partial charge in [0, 0.05) is 5.56 Å². The third-order valence-corrected chi connectivity index (χ3v) is 3.84. The van der Waals surface area contributed by atoms with Crippen molar-refractivity contribution in [3.05, 3.63) is 29.8 Å². The molecule has 3 nitrogen and oxygen atoms in total. The Balaban J connectivity index is 2.08. The van der Waals surface area contributed by atoms with E-state index in [1.807, 2.05) is 30.0 Å². The Kier molecular flexibility index (Phi) is 1.85. The molecule has 0 radical (unpaired) electrons. The fraction of sp³-hybridized carbons (Fsp3) is 0.273. The van der Waals surface area contributed by atoms with Crippen molar-refractivity contribution in [3.63, 3.8) is 0 Å². The molecule has 1 N–H and O–H groups in total. The number of hydrogen-bond acceptors (Lipinski definition) is 2. The minimum absolute atomic E-state index is 0.0433. The third-order valence-electron chi connectivity index (χ3n) is 2.73. The molecule has 1 aromatic rings. The molecule has 76 valence electrons. The highest BCUT2D eigenvalue weighted by molar-refractivity contribution is 8.15. The number of amidine groups is 1. The molecule has 2 aliphatic rings. The van der Waals surface area contributed by atoms with E-state index in [2.05, 4.69) is 11.1 Å². The van der Waals surface area contributed by atoms with E-state index in [0.717, 1.165) is 10.9 Å². The molecule has 1 fully saturated rings. The van der Waals surface area contributed by atoms with Gasteiger partial charge in [0.15, 0.2) is 0 Å². The predicted octanol–water partition coefficient (Wildman–Crippen LogP) is 0.232. The first-order chi connectivity index (χ1) is 7.25. The molecule has 0 aromatic heterocycles. The van der Waals surface area contributed by atoms with Crippen molar-refractivity contribution in [2.75, 3.05) is 0 Å². The van der Waals surface area contributed by atoms with Gasteiger partial charge in [0.05, 0.1) is 0 Å². The Morgan fingerprint density at radius 1 is 1.47 bits per heavy atom. The number of amides is 1. The fourth-order valence-electron chi connectivity index (χ4n) is 1.91. The van der Waals surface area contributed by atoms with Crippen LogP contribution in [-0.2, 0) is 11.3 Å². The summed E-state index contributed by atoms with van der Waals surface area (Å²) in [6, 6.07) is 8.11. The van der Waals surface area contributed by atoms with Gasteiger partial charge in [-0.3, -0.25) is 0 Å². The summed E-state index contributed by atoms with van der Waals surface area (Å²) >= 11 is 1.60. The smallest absolute Gasteiger partial charge is 0.245 e. The number of nitrogens with one attached hydrogen (secondary N) is 1. The molecular weight excluding hydrogens is 208 g/mol. The molecule has 1 aromatic carbocycles. The SMILES string of the molecule is CC1SC2=[NH+]c3ccccc3CN2C1=O. The second kappa shape index (κ2) is 3.10. The van der Waals surface area contributed by atoms with Gasteiger partial charge in [0.2, 0.25) is 0 Å². The lowest BCUT2D eigenvalue weighted by atomic mass is 10.1. The summed E-state index contributed by atoms with van der Waals surface area (Å²) in [6.45, 7) is 2.65. The number of hydrogen-bond donors (Lipinski definition) is 1. The van der Waals surface area contributed by atoms with Gasteiger partial charge >= 0.3 is 11.1 Å². The summed E-state index contributed by atoms with van der Waals surface area (Å²) in [5, 5.41) is 1.02. The topological polar surface area (TPSA) is 34.3 Å². The van der Waals surface area contributed by atoms with E-state index in [9.17, 15) is 4.79 Å². The Labute approximate surface area is 92.2 Å². The van der Waals surface area contributed by atoms with Crippen LogP contribution in [0.15, 0.2) is 24.3 Å². The van der Waals surface area contributed by atoms with Gasteiger partial charge in [-0.05, 0) is 24.8 Å². The number of nitrogens with zero attached hydrogens (tertiary/aromatic N) is 1. The maximum Gasteiger partial charge on any atom is 0.323 e. The number of rotatable bonds is 0. The average Bonchev–Trinajstić information content (AvgIpc) is 2.52. The zero-order valence-electron chi connectivity index (χ0n) is 8.36. The van der Waals surface area contributed by atoms with Crippen molar-refractivity contribution in [3.8, 4) is 0 Å². The van der Waals surface area contributed by atoms with E-state index in [-0.39, 0.29) is 11.2 Å². The molecule has 4 heteroatoms. The first-order valence-electron chi connectivity index (χ1n) is 4.95. The van der Waals surface area contributed by atoms with Gasteiger partial charge in [-0.15, -0.1) is 0 Å². The molecular formula is C11H11N2OS+. The van der Waals surface area contributed by atoms with Crippen LogP contribution in [0.1, 0.15) is 12.5 Å². The van der Waals surface area contributed by atoms with Crippen LogP contribution in [-0.4, -0.2) is 21.2 Å². The standard InChI is InChI=1S/C11H10N2OS/c1-7-10(14)13-6-8-4-2-3-5-9(8)12-11(13)15-7/h2-5,7H,6H2,1H3/p+1. The second-order valence-electron chi connectivity index (χ2n) is 3.77. The molecule has 1 saturated heterocycles. The molecule has 0 saturated carbocycles. The maximum atomic E-state index is 11.8. The number of benzene rings is 1. The van der Waals surface area contributed by atoms with Crippen LogP contribution in [0.2, 0.25) is 0 Å². The van der Waals surface area contributed by atoms with Gasteiger partial charge in [0.1, 0.15) is 17.5 Å². The predicted molar refractivity (Wildman–Crippen MR) is 59.7 cm³/mol. The monoisotopic (exact) mass is 219 g/mol. The largest absolute Gasteiger partial charge is 0.323 e. The Morgan fingerprint density at radius 3 is 3.13 bits per heavy atom. The van der Waals surface area contributed by atoms with Crippen LogP contribution < -0.4 is 4.99 Å². The third kappa shape index (κ3) is 1.28. The van der Waals surface area contributed by atoms with Crippen LogP contribution in [0.4, 0.5) is 5.69 Å². The molecule has 0 aliphatic carbocycles. The Bertz CT molecular complexity index is 469. The normalized spacial score (nSPS) is 23.5. The highest BCUT2D eigenvalue weighted by Gasteiger charge is 2.44. The minimum atomic E-state index is 0.0433. The average molecular weight is 219 g/mol. The fourth-order valence-corrected chi connectivity index (χ4v) is 2.93. The van der Waals surface area contributed by atoms with Crippen molar-refractivity contribution in [2.45, 2.75) is 18.7 Å². The summed E-state index contributed by atoms with van der Waals surface area (Å²) in [7, 11) is 0. The lowest BCUT2D eigenvalue weighted by Gasteiger charge is -2.14. The number of para-hydroxylation sites is 1. The van der Waals surface area contributed by atoms with Crippen molar-refractivity contribution >= 4 is 28.5 Å². The Hall–Kier alpha value is -1.29. The summed E-state index contributed by atoms with van der Waals surface area (Å²) in [5.41, 5.74) is 2.31. The first kappa shape index (κ1) is 8.97. The van der Waals surface area contributed by atoms with Crippen LogP contribution >= 0.6 is 11.8 Å². The van der Waals surface area contributed by atoms with Gasteiger partial charge < -0.3 is 0 Å². The zero-order valence-corrected chi connectivity index (χ0v) is 9.17. The summed E-state index contributed by atoms with van der Waals surface area (Å²) in [5.74, 6) is 0.206. The number of carbonyl (C=O) groups excluding carboxylic acids is 1. The number of carbonyl (C=O) groups is 1. The quantitative estimate of drug-likeness (QED) is 0.678. The van der Waals surface area contributed by atoms with E-state index in [1.54, 1.807) is 11.8 Å². The van der Waals surface area contributed by atoms with E-state index >= 15 is 0 Å². The molecule has 1 atom stereocenters. The highest BCUT2D eigenvalue weighted by Crippen LogP contribution is 2.28. The molecule has 3 rings (SSSR count). The molecule has 1 unspecified atom stereocenters. The second-order valence-corrected chi connectivity index (χ2v) is 5.10. The maximum absolute atomic E-state index is 11.8. The minimum Gasteiger partial charge on any atom is -0.245 e. The lowest BCUT2D eigenvalue weighted by molar-refractivity contribution is -0.361. The van der Waals surface area contributed by atoms with Gasteiger partial charge in [-0.25, -0.2) is 9.79 Å². The van der Waals surface area contributed by atoms with E-state index in [4.69, 9.17) is 0 Å². The highest BCUT2D eigenvalue weighted by atomic mass is 32.2. The zero-order chi connectivity index (χ0) is 10.4. The summed E-state index contributed by atoms with van der Waals surface area (Å²) in [4.78, 5) is 16.9. The van der Waals surface area contributed by atoms with Crippen molar-refractivity contribution in [1.29, 1.82) is 0 Å².